The van der Waals surface area contributed by atoms with E-state index in [4.69, 9.17) is 10.2 Å². The smallest absolute Gasteiger partial charge is 0.321 e. The first kappa shape index (κ1) is 18.8. The molecule has 1 heterocycles. The lowest BCUT2D eigenvalue weighted by Crippen LogP contribution is -2.48. The van der Waals surface area contributed by atoms with Crippen LogP contribution in [0.4, 0.5) is 0 Å². The lowest BCUT2D eigenvalue weighted by molar-refractivity contribution is -0.142. The third-order valence-corrected chi connectivity index (χ3v) is 3.37. The fraction of sp³-hybridized carbons (Fsp3) is 0.571. The molecule has 0 spiro atoms. The van der Waals surface area contributed by atoms with Crippen molar-refractivity contribution in [3.05, 3.63) is 11.8 Å². The number of nitrogens with one attached hydrogen (secondary N) is 2. The Kier molecular flexibility index (Phi) is 7.36. The molecule has 0 amide bonds. The number of hydrogen-bond acceptors (Lipinski definition) is 6. The summed E-state index contributed by atoms with van der Waals surface area (Å²) < 4.78 is 0. The first-order valence-corrected chi connectivity index (χ1v) is 7.20. The Morgan fingerprint density at radius 3 is 2.30 bits per heavy atom. The normalized spacial score (nSPS) is 17.3. The minimum Gasteiger partial charge on any atom is -0.480 e. The molecule has 0 bridgehead atoms. The van der Waals surface area contributed by atoms with Crippen LogP contribution < -0.4 is 10.6 Å². The molecule has 3 atom stereocenters. The predicted molar refractivity (Wildman–Crippen MR) is 81.5 cm³/mol. The summed E-state index contributed by atoms with van der Waals surface area (Å²) in [6, 6.07) is -2.96. The molecule has 1 rings (SSSR count). The summed E-state index contributed by atoms with van der Waals surface area (Å²) >= 11 is 0. The van der Waals surface area contributed by atoms with Gasteiger partial charge in [0.1, 0.15) is 18.1 Å². The lowest BCUT2D eigenvalue weighted by Gasteiger charge is -2.19. The molecule has 3 unspecified atom stereocenters. The van der Waals surface area contributed by atoms with E-state index in [1.54, 1.807) is 6.21 Å². The van der Waals surface area contributed by atoms with Gasteiger partial charge in [-0.05, 0) is 19.9 Å². The van der Waals surface area contributed by atoms with E-state index in [2.05, 4.69) is 15.6 Å². The highest BCUT2D eigenvalue weighted by Gasteiger charge is 2.24. The average molecular weight is 327 g/mol. The molecule has 5 N–H and O–H groups in total. The maximum absolute atomic E-state index is 11.2. The van der Waals surface area contributed by atoms with Crippen LogP contribution in [0.25, 0.3) is 0 Å². The van der Waals surface area contributed by atoms with Crippen molar-refractivity contribution in [1.29, 1.82) is 0 Å². The second kappa shape index (κ2) is 9.01. The monoisotopic (exact) mass is 327 g/mol. The molecule has 0 aromatic heterocycles. The van der Waals surface area contributed by atoms with E-state index >= 15 is 0 Å². The summed E-state index contributed by atoms with van der Waals surface area (Å²) in [6.45, 7) is 1.46. The summed E-state index contributed by atoms with van der Waals surface area (Å²) in [5, 5.41) is 32.3. The van der Waals surface area contributed by atoms with Gasteiger partial charge in [0.15, 0.2) is 0 Å². The van der Waals surface area contributed by atoms with Crippen molar-refractivity contribution >= 4 is 24.1 Å². The number of allylic oxidation sites excluding steroid dienone is 1. The van der Waals surface area contributed by atoms with E-state index in [-0.39, 0.29) is 19.4 Å². The molecule has 9 nitrogen and oxygen atoms in total. The maximum atomic E-state index is 11.2. The quantitative estimate of drug-likeness (QED) is 0.347. The Labute approximate surface area is 133 Å². The molecule has 1 aliphatic rings. The second-order valence-corrected chi connectivity index (χ2v) is 5.20. The fourth-order valence-corrected chi connectivity index (χ4v) is 2.06. The van der Waals surface area contributed by atoms with E-state index in [1.165, 1.54) is 6.92 Å². The zero-order chi connectivity index (χ0) is 17.4. The topological polar surface area (TPSA) is 148 Å². The molecule has 0 aromatic rings. The third kappa shape index (κ3) is 6.57. The van der Waals surface area contributed by atoms with Crippen molar-refractivity contribution in [3.63, 3.8) is 0 Å². The number of carboxylic acids is 3. The molecule has 9 heteroatoms. The Balaban J connectivity index is 2.48. The molecule has 0 fully saturated rings. The van der Waals surface area contributed by atoms with Crippen LogP contribution in [0.2, 0.25) is 0 Å². The van der Waals surface area contributed by atoms with Crippen molar-refractivity contribution in [2.24, 2.45) is 4.99 Å². The summed E-state index contributed by atoms with van der Waals surface area (Å²) in [4.78, 5) is 37.1. The van der Waals surface area contributed by atoms with Crippen LogP contribution in [0.5, 0.6) is 0 Å². The van der Waals surface area contributed by atoms with E-state index in [0.717, 1.165) is 0 Å². The average Bonchev–Trinajstić information content (AvgIpc) is 2.97. The Morgan fingerprint density at radius 1 is 1.17 bits per heavy atom. The number of nitrogens with zero attached hydrogens (tertiary/aromatic N) is 1. The minimum absolute atomic E-state index is 0.0546. The molecule has 0 saturated carbocycles. The minimum atomic E-state index is -1.19. The van der Waals surface area contributed by atoms with Crippen molar-refractivity contribution in [1.82, 2.24) is 10.6 Å². The summed E-state index contributed by atoms with van der Waals surface area (Å²) in [6.07, 6.45) is 4.46. The fourth-order valence-electron chi connectivity index (χ4n) is 2.06. The molecule has 128 valence electrons. The van der Waals surface area contributed by atoms with Crippen LogP contribution in [0.15, 0.2) is 16.8 Å². The largest absolute Gasteiger partial charge is 0.480 e. The van der Waals surface area contributed by atoms with Gasteiger partial charge in [-0.3, -0.25) is 24.7 Å². The van der Waals surface area contributed by atoms with Gasteiger partial charge in [-0.25, -0.2) is 0 Å². The second-order valence-electron chi connectivity index (χ2n) is 5.20. The van der Waals surface area contributed by atoms with Gasteiger partial charge in [-0.1, -0.05) is 6.08 Å². The molecular formula is C14H21N3O6. The number of aliphatic carboxylic acids is 3. The molecular weight excluding hydrogens is 306 g/mol. The van der Waals surface area contributed by atoms with E-state index in [9.17, 15) is 19.5 Å². The number of carboxylic acid groups (broad SMARTS) is 3. The summed E-state index contributed by atoms with van der Waals surface area (Å²) in [5.74, 6) is -3.39. The van der Waals surface area contributed by atoms with Gasteiger partial charge in [-0.2, -0.15) is 0 Å². The zero-order valence-electron chi connectivity index (χ0n) is 12.7. The van der Waals surface area contributed by atoms with Crippen molar-refractivity contribution < 1.29 is 29.7 Å². The van der Waals surface area contributed by atoms with Crippen molar-refractivity contribution in [2.75, 3.05) is 6.54 Å². The van der Waals surface area contributed by atoms with Crippen molar-refractivity contribution in [3.8, 4) is 0 Å². The van der Waals surface area contributed by atoms with Crippen LogP contribution in [-0.4, -0.2) is 64.1 Å². The van der Waals surface area contributed by atoms with Crippen LogP contribution in [-0.2, 0) is 14.4 Å². The highest BCUT2D eigenvalue weighted by Crippen LogP contribution is 2.12. The Bertz CT molecular complexity index is 517. The first-order chi connectivity index (χ1) is 10.8. The van der Waals surface area contributed by atoms with Gasteiger partial charge < -0.3 is 20.6 Å². The molecule has 0 radical (unpaired) electrons. The number of hydrogen-bond donors (Lipinski definition) is 5. The highest BCUT2D eigenvalue weighted by atomic mass is 16.4. The first-order valence-electron chi connectivity index (χ1n) is 7.20. The summed E-state index contributed by atoms with van der Waals surface area (Å²) in [5.41, 5.74) is 0.678. The van der Waals surface area contributed by atoms with Gasteiger partial charge in [0.2, 0.25) is 0 Å². The standard InChI is InChI=1S/C14H21N3O6/c1-8(12(18)19)17-10(13(20)21)4-6-16-11(14(22)23)7-9-3-2-5-15-9/h3,5,8,10-11,16-17H,2,4,6-7H2,1H3,(H,18,19)(H,20,21)(H,22,23). The SMILES string of the molecule is CC(NC(CCNC(CC1=CCC=N1)C(=O)O)C(=O)O)C(=O)O. The predicted octanol–water partition coefficient (Wildman–Crippen LogP) is -0.316. The van der Waals surface area contributed by atoms with Gasteiger partial charge in [-0.15, -0.1) is 0 Å². The van der Waals surface area contributed by atoms with E-state index in [1.807, 2.05) is 6.08 Å². The molecule has 0 aromatic carbocycles. The van der Waals surface area contributed by atoms with Gasteiger partial charge in [0, 0.05) is 24.8 Å². The molecule has 0 saturated heterocycles. The van der Waals surface area contributed by atoms with Gasteiger partial charge in [0.05, 0.1) is 0 Å². The van der Waals surface area contributed by atoms with Crippen molar-refractivity contribution in [2.45, 2.75) is 44.3 Å². The van der Waals surface area contributed by atoms with Crippen LogP contribution in [0, 0.1) is 0 Å². The van der Waals surface area contributed by atoms with Crippen LogP contribution >= 0.6 is 0 Å². The van der Waals surface area contributed by atoms with E-state index in [0.29, 0.717) is 12.1 Å². The number of aliphatic imine (C=N–C) groups is 1. The zero-order valence-corrected chi connectivity index (χ0v) is 12.7. The molecule has 0 aliphatic carbocycles. The van der Waals surface area contributed by atoms with Crippen LogP contribution in [0.1, 0.15) is 26.2 Å². The Hall–Kier alpha value is -2.26. The summed E-state index contributed by atoms with van der Waals surface area (Å²) in [7, 11) is 0. The van der Waals surface area contributed by atoms with Gasteiger partial charge in [0.25, 0.3) is 0 Å². The Morgan fingerprint density at radius 2 is 1.83 bits per heavy atom. The van der Waals surface area contributed by atoms with E-state index < -0.39 is 36.0 Å². The highest BCUT2D eigenvalue weighted by molar-refractivity contribution is 5.77. The number of rotatable bonds is 11. The lowest BCUT2D eigenvalue weighted by atomic mass is 10.1. The third-order valence-electron chi connectivity index (χ3n) is 3.37. The molecule has 1 aliphatic heterocycles. The maximum Gasteiger partial charge on any atom is 0.321 e. The van der Waals surface area contributed by atoms with Gasteiger partial charge >= 0.3 is 17.9 Å². The molecule has 23 heavy (non-hydrogen) atoms. The van der Waals surface area contributed by atoms with Crippen LogP contribution in [0.3, 0.4) is 0 Å². The number of carbonyl (C=O) groups is 3.